The Kier molecular flexibility index (Phi) is 6.13. The first-order valence-electron chi connectivity index (χ1n) is 11.6. The molecule has 33 heavy (non-hydrogen) atoms. The minimum atomic E-state index is -0.245. The fraction of sp³-hybridized carbons (Fsp3) is 0.500. The number of H-pyrrole nitrogens is 1. The van der Waals surface area contributed by atoms with E-state index in [2.05, 4.69) is 31.7 Å². The first-order valence-corrected chi connectivity index (χ1v) is 11.6. The van der Waals surface area contributed by atoms with Crippen LogP contribution in [0.1, 0.15) is 77.8 Å². The maximum Gasteiger partial charge on any atom is 0.275 e. The molecule has 9 nitrogen and oxygen atoms in total. The second-order valence-corrected chi connectivity index (χ2v) is 9.02. The zero-order chi connectivity index (χ0) is 22.8. The molecule has 2 saturated carbocycles. The van der Waals surface area contributed by atoms with Crippen LogP contribution >= 0.6 is 0 Å². The van der Waals surface area contributed by atoms with Gasteiger partial charge in [-0.3, -0.25) is 19.6 Å². The lowest BCUT2D eigenvalue weighted by Gasteiger charge is -2.28. The lowest BCUT2D eigenvalue weighted by Crippen LogP contribution is -2.24. The summed E-state index contributed by atoms with van der Waals surface area (Å²) in [5.41, 5.74) is 3.53. The number of anilines is 1. The van der Waals surface area contributed by atoms with Gasteiger partial charge in [0.15, 0.2) is 5.82 Å². The predicted molar refractivity (Wildman–Crippen MR) is 122 cm³/mol. The normalized spacial score (nSPS) is 20.5. The first-order chi connectivity index (χ1) is 16.1. The van der Waals surface area contributed by atoms with Gasteiger partial charge in [0.25, 0.3) is 5.91 Å². The van der Waals surface area contributed by atoms with Crippen LogP contribution in [0.5, 0.6) is 5.75 Å². The highest BCUT2D eigenvalue weighted by molar-refractivity contribution is 6.02. The highest BCUT2D eigenvalue weighted by Crippen LogP contribution is 2.44. The van der Waals surface area contributed by atoms with Gasteiger partial charge in [0.2, 0.25) is 0 Å². The van der Waals surface area contributed by atoms with E-state index in [1.165, 1.54) is 18.4 Å². The lowest BCUT2D eigenvalue weighted by molar-refractivity contribution is 0.101. The second kappa shape index (κ2) is 9.35. The summed E-state index contributed by atoms with van der Waals surface area (Å²) in [6.07, 6.45) is 10.5. The number of pyridine rings is 1. The molecule has 5 rings (SSSR count). The van der Waals surface area contributed by atoms with Crippen molar-refractivity contribution in [3.05, 3.63) is 53.2 Å². The van der Waals surface area contributed by atoms with Gasteiger partial charge in [-0.05, 0) is 56.6 Å². The van der Waals surface area contributed by atoms with E-state index in [1.54, 1.807) is 24.9 Å². The third kappa shape index (κ3) is 4.93. The van der Waals surface area contributed by atoms with Crippen LogP contribution < -0.4 is 10.1 Å². The van der Waals surface area contributed by atoms with Gasteiger partial charge in [0.1, 0.15) is 11.4 Å². The van der Waals surface area contributed by atoms with Gasteiger partial charge < -0.3 is 14.8 Å². The maximum absolute atomic E-state index is 12.6. The number of hydrogen-bond donors (Lipinski definition) is 2. The van der Waals surface area contributed by atoms with Crippen LogP contribution in [0.2, 0.25) is 0 Å². The van der Waals surface area contributed by atoms with E-state index in [0.29, 0.717) is 35.6 Å². The molecule has 0 atom stereocenters. The monoisotopic (exact) mass is 450 g/mol. The Morgan fingerprint density at radius 1 is 1.18 bits per heavy atom. The minimum Gasteiger partial charge on any atom is -0.489 e. The molecule has 2 aliphatic rings. The Morgan fingerprint density at radius 2 is 1.97 bits per heavy atom. The summed E-state index contributed by atoms with van der Waals surface area (Å²) in [5.74, 6) is 2.26. The fourth-order valence-electron chi connectivity index (χ4n) is 4.64. The first kappa shape index (κ1) is 21.6. The van der Waals surface area contributed by atoms with Crippen molar-refractivity contribution >= 4 is 11.7 Å². The summed E-state index contributed by atoms with van der Waals surface area (Å²) in [6, 6.07) is 5.76. The van der Waals surface area contributed by atoms with E-state index in [9.17, 15) is 4.79 Å². The quantitative estimate of drug-likeness (QED) is 0.539. The summed E-state index contributed by atoms with van der Waals surface area (Å²) in [7, 11) is 3.34. The zero-order valence-corrected chi connectivity index (χ0v) is 19.1. The van der Waals surface area contributed by atoms with Crippen molar-refractivity contribution in [2.45, 2.75) is 63.1 Å². The molecule has 3 aromatic heterocycles. The Hall–Kier alpha value is -3.20. The zero-order valence-electron chi connectivity index (χ0n) is 19.1. The largest absolute Gasteiger partial charge is 0.489 e. The van der Waals surface area contributed by atoms with E-state index in [1.807, 2.05) is 18.5 Å². The topological polar surface area (TPSA) is 107 Å². The molecule has 2 fully saturated rings. The van der Waals surface area contributed by atoms with Crippen molar-refractivity contribution in [2.75, 3.05) is 12.4 Å². The molecule has 9 heteroatoms. The van der Waals surface area contributed by atoms with Crippen LogP contribution in [0.15, 0.2) is 30.6 Å². The number of carbonyl (C=O) groups is 1. The van der Waals surface area contributed by atoms with Crippen LogP contribution in [0.25, 0.3) is 0 Å². The molecule has 2 N–H and O–H groups in total. The third-order valence-corrected chi connectivity index (χ3v) is 6.54. The van der Waals surface area contributed by atoms with Crippen molar-refractivity contribution < 1.29 is 14.3 Å². The minimum absolute atomic E-state index is 0.219. The molecule has 0 unspecified atom stereocenters. The summed E-state index contributed by atoms with van der Waals surface area (Å²) in [6.45, 7) is 0.364. The number of aromatic nitrogens is 5. The Morgan fingerprint density at radius 3 is 2.73 bits per heavy atom. The van der Waals surface area contributed by atoms with Gasteiger partial charge in [0, 0.05) is 43.6 Å². The summed E-state index contributed by atoms with van der Waals surface area (Å²) < 4.78 is 13.0. The van der Waals surface area contributed by atoms with Crippen LogP contribution in [-0.2, 0) is 18.4 Å². The molecule has 2 aliphatic carbocycles. The fourth-order valence-corrected chi connectivity index (χ4v) is 4.64. The number of aromatic amines is 1. The van der Waals surface area contributed by atoms with E-state index in [4.69, 9.17) is 9.47 Å². The molecule has 0 saturated heterocycles. The van der Waals surface area contributed by atoms with Crippen molar-refractivity contribution in [2.24, 2.45) is 7.05 Å². The molecule has 0 aromatic carbocycles. The number of methoxy groups -OCH3 is 1. The second-order valence-electron chi connectivity index (χ2n) is 9.02. The van der Waals surface area contributed by atoms with Gasteiger partial charge in [-0.2, -0.15) is 10.2 Å². The molecule has 0 spiro atoms. The van der Waals surface area contributed by atoms with Crippen LogP contribution in [-0.4, -0.2) is 44.1 Å². The number of rotatable bonds is 8. The van der Waals surface area contributed by atoms with Gasteiger partial charge >= 0.3 is 0 Å². The highest BCUT2D eigenvalue weighted by Gasteiger charge is 2.29. The molecule has 0 aliphatic heterocycles. The molecule has 1 amide bonds. The lowest BCUT2D eigenvalue weighted by atomic mass is 9.85. The van der Waals surface area contributed by atoms with E-state index in [-0.39, 0.29) is 12.0 Å². The SMILES string of the molecule is COCc1cc(C(=O)Nc2cc(C3CCC(Oc4cnccc4C4CC4)CC3)[nH]n2)n(C)n1. The summed E-state index contributed by atoms with van der Waals surface area (Å²) >= 11 is 0. The summed E-state index contributed by atoms with van der Waals surface area (Å²) in [5, 5.41) is 14.6. The molecule has 3 heterocycles. The molecule has 174 valence electrons. The molecular weight excluding hydrogens is 420 g/mol. The maximum atomic E-state index is 12.6. The number of nitrogens with one attached hydrogen (secondary N) is 2. The molecule has 0 radical (unpaired) electrons. The molecule has 3 aromatic rings. The van der Waals surface area contributed by atoms with E-state index < -0.39 is 0 Å². The Labute approximate surface area is 192 Å². The number of ether oxygens (including phenoxy) is 2. The van der Waals surface area contributed by atoms with Gasteiger partial charge in [0.05, 0.1) is 24.6 Å². The molecular formula is C24H30N6O3. The highest BCUT2D eigenvalue weighted by atomic mass is 16.5. The standard InChI is InChI=1S/C24H30N6O3/c1-30-21(11-17(29-30)14-32-2)24(31)26-23-12-20(27-28-23)16-5-7-18(8-6-16)33-22-13-25-10-9-19(22)15-3-4-15/h9-13,15-16,18H,3-8,14H2,1-2H3,(H2,26,27,28,31). The Balaban J connectivity index is 1.16. The van der Waals surface area contributed by atoms with Gasteiger partial charge in [-0.15, -0.1) is 0 Å². The van der Waals surface area contributed by atoms with Crippen molar-refractivity contribution in [1.29, 1.82) is 0 Å². The van der Waals surface area contributed by atoms with Crippen molar-refractivity contribution in [1.82, 2.24) is 25.0 Å². The van der Waals surface area contributed by atoms with Crippen molar-refractivity contribution in [3.8, 4) is 5.75 Å². The van der Waals surface area contributed by atoms with Crippen molar-refractivity contribution in [3.63, 3.8) is 0 Å². The predicted octanol–water partition coefficient (Wildman–Crippen LogP) is 3.92. The van der Waals surface area contributed by atoms with Crippen LogP contribution in [0.3, 0.4) is 0 Å². The number of carbonyl (C=O) groups excluding carboxylic acids is 1. The smallest absolute Gasteiger partial charge is 0.275 e. The van der Waals surface area contributed by atoms with Gasteiger partial charge in [-0.25, -0.2) is 0 Å². The van der Waals surface area contributed by atoms with Crippen LogP contribution in [0.4, 0.5) is 5.82 Å². The van der Waals surface area contributed by atoms with Gasteiger partial charge in [-0.1, -0.05) is 0 Å². The molecule has 0 bridgehead atoms. The van der Waals surface area contributed by atoms with E-state index >= 15 is 0 Å². The van der Waals surface area contributed by atoms with E-state index in [0.717, 1.165) is 37.1 Å². The number of nitrogens with zero attached hydrogens (tertiary/aromatic N) is 4. The summed E-state index contributed by atoms with van der Waals surface area (Å²) in [4.78, 5) is 16.9. The number of hydrogen-bond acceptors (Lipinski definition) is 6. The number of aryl methyl sites for hydroxylation is 1. The number of amides is 1. The average molecular weight is 451 g/mol. The third-order valence-electron chi connectivity index (χ3n) is 6.54. The Bertz CT molecular complexity index is 1110. The van der Waals surface area contributed by atoms with Crippen LogP contribution in [0, 0.1) is 0 Å². The average Bonchev–Trinajstić information content (AvgIpc) is 3.45.